The molecule has 120 valence electrons. The largest absolute Gasteiger partial charge is 0.497 e. The normalized spacial score (nSPS) is 15.3. The van der Waals surface area contributed by atoms with Crippen molar-refractivity contribution in [2.24, 2.45) is 4.99 Å². The Morgan fingerprint density at radius 1 is 1.04 bits per heavy atom. The molecule has 0 unspecified atom stereocenters. The number of rotatable bonds is 3. The number of nitrogens with zero attached hydrogens (tertiary/aromatic N) is 2. The molecule has 0 aliphatic carbocycles. The molecule has 1 heterocycles. The Morgan fingerprint density at radius 3 is 2.39 bits per heavy atom. The fourth-order valence-corrected chi connectivity index (χ4v) is 2.38. The molecule has 2 aromatic carbocycles. The van der Waals surface area contributed by atoms with E-state index < -0.39 is 0 Å². The summed E-state index contributed by atoms with van der Waals surface area (Å²) in [5.74, 6) is 1.66. The molecule has 1 N–H and O–H groups in total. The number of anilines is 1. The fourth-order valence-electron chi connectivity index (χ4n) is 2.38. The molecule has 1 aliphatic heterocycles. The van der Waals surface area contributed by atoms with Crippen molar-refractivity contribution in [2.75, 3.05) is 38.7 Å². The number of ether oxygens (including phenoxy) is 2. The molecule has 0 aromatic heterocycles. The molecule has 3 rings (SSSR count). The predicted octanol–water partition coefficient (Wildman–Crippen LogP) is 3.13. The molecule has 0 radical (unpaired) electrons. The van der Waals surface area contributed by atoms with E-state index in [2.05, 4.69) is 10.2 Å². The highest BCUT2D eigenvalue weighted by molar-refractivity contribution is 5.95. The lowest BCUT2D eigenvalue weighted by Gasteiger charge is -2.30. The second-order valence-electron chi connectivity index (χ2n) is 5.22. The first-order valence-corrected chi connectivity index (χ1v) is 7.73. The van der Waals surface area contributed by atoms with E-state index in [1.807, 2.05) is 54.6 Å². The zero-order chi connectivity index (χ0) is 15.9. The Bertz CT molecular complexity index is 635. The zero-order valence-electron chi connectivity index (χ0n) is 13.2. The molecular weight excluding hydrogens is 290 g/mol. The van der Waals surface area contributed by atoms with Crippen LogP contribution in [0.15, 0.2) is 59.6 Å². The summed E-state index contributed by atoms with van der Waals surface area (Å²) in [5, 5.41) is 3.41. The summed E-state index contributed by atoms with van der Waals surface area (Å²) in [4.78, 5) is 6.98. The maximum absolute atomic E-state index is 5.44. The van der Waals surface area contributed by atoms with E-state index >= 15 is 0 Å². The average molecular weight is 311 g/mol. The van der Waals surface area contributed by atoms with Gasteiger partial charge in [-0.2, -0.15) is 0 Å². The van der Waals surface area contributed by atoms with E-state index in [-0.39, 0.29) is 0 Å². The number of guanidine groups is 1. The van der Waals surface area contributed by atoms with Crippen molar-refractivity contribution < 1.29 is 9.47 Å². The second-order valence-corrected chi connectivity index (χ2v) is 5.22. The molecule has 0 saturated carbocycles. The molecule has 0 amide bonds. The average Bonchev–Trinajstić information content (AvgIpc) is 2.63. The Hall–Kier alpha value is -2.53. The van der Waals surface area contributed by atoms with Crippen molar-refractivity contribution in [3.63, 3.8) is 0 Å². The van der Waals surface area contributed by atoms with Gasteiger partial charge in [0.15, 0.2) is 0 Å². The number of morpholine rings is 1. The molecular formula is C18H21N3O2. The third kappa shape index (κ3) is 4.23. The van der Waals surface area contributed by atoms with Gasteiger partial charge in [-0.3, -0.25) is 0 Å². The van der Waals surface area contributed by atoms with Crippen LogP contribution in [0.4, 0.5) is 11.4 Å². The molecule has 0 atom stereocenters. The van der Waals surface area contributed by atoms with Crippen LogP contribution in [-0.4, -0.2) is 44.3 Å². The van der Waals surface area contributed by atoms with Gasteiger partial charge in [0.05, 0.1) is 26.0 Å². The number of hydrogen-bond acceptors (Lipinski definition) is 3. The lowest BCUT2D eigenvalue weighted by molar-refractivity contribution is 0.0680. The number of hydrogen-bond donors (Lipinski definition) is 1. The van der Waals surface area contributed by atoms with Gasteiger partial charge in [-0.1, -0.05) is 18.2 Å². The van der Waals surface area contributed by atoms with Crippen molar-refractivity contribution in [1.82, 2.24) is 4.90 Å². The monoisotopic (exact) mass is 311 g/mol. The van der Waals surface area contributed by atoms with E-state index in [1.54, 1.807) is 7.11 Å². The summed E-state index contributed by atoms with van der Waals surface area (Å²) in [6.45, 7) is 3.10. The fraction of sp³-hybridized carbons (Fsp3) is 0.278. The number of para-hydroxylation sites is 1. The van der Waals surface area contributed by atoms with E-state index in [4.69, 9.17) is 14.5 Å². The van der Waals surface area contributed by atoms with Crippen molar-refractivity contribution in [3.05, 3.63) is 54.6 Å². The Labute approximate surface area is 136 Å². The Balaban J connectivity index is 1.84. The van der Waals surface area contributed by atoms with Crippen LogP contribution >= 0.6 is 0 Å². The molecule has 5 heteroatoms. The summed E-state index contributed by atoms with van der Waals surface area (Å²) < 4.78 is 10.6. The lowest BCUT2D eigenvalue weighted by atomic mass is 10.3. The molecule has 0 bridgehead atoms. The van der Waals surface area contributed by atoms with E-state index in [0.717, 1.165) is 49.4 Å². The van der Waals surface area contributed by atoms with Gasteiger partial charge in [0, 0.05) is 18.8 Å². The van der Waals surface area contributed by atoms with Gasteiger partial charge >= 0.3 is 0 Å². The van der Waals surface area contributed by atoms with Crippen LogP contribution in [0.2, 0.25) is 0 Å². The third-order valence-corrected chi connectivity index (χ3v) is 3.65. The minimum absolute atomic E-state index is 0.720. The smallest absolute Gasteiger partial charge is 0.203 e. The first-order chi connectivity index (χ1) is 11.3. The number of methoxy groups -OCH3 is 1. The molecule has 1 aliphatic rings. The second kappa shape index (κ2) is 7.65. The Morgan fingerprint density at radius 2 is 1.74 bits per heavy atom. The first kappa shape index (κ1) is 15.4. The van der Waals surface area contributed by atoms with Crippen molar-refractivity contribution >= 4 is 17.3 Å². The molecule has 23 heavy (non-hydrogen) atoms. The Kier molecular flexibility index (Phi) is 5.11. The van der Waals surface area contributed by atoms with Crippen LogP contribution in [0.5, 0.6) is 5.75 Å². The van der Waals surface area contributed by atoms with Gasteiger partial charge in [0.1, 0.15) is 5.75 Å². The van der Waals surface area contributed by atoms with E-state index in [0.29, 0.717) is 0 Å². The maximum atomic E-state index is 5.44. The number of aliphatic imine (C=N–C) groups is 1. The maximum Gasteiger partial charge on any atom is 0.203 e. The lowest BCUT2D eigenvalue weighted by Crippen LogP contribution is -2.44. The first-order valence-electron chi connectivity index (χ1n) is 7.73. The summed E-state index contributed by atoms with van der Waals surface area (Å²) in [5.41, 5.74) is 1.90. The molecule has 1 fully saturated rings. The summed E-state index contributed by atoms with van der Waals surface area (Å²) in [6.07, 6.45) is 0. The minimum atomic E-state index is 0.720. The van der Waals surface area contributed by atoms with Gasteiger partial charge in [-0.15, -0.1) is 0 Å². The van der Waals surface area contributed by atoms with E-state index in [1.165, 1.54) is 0 Å². The SMILES string of the molecule is COc1ccc(N=C(Nc2ccccc2)N2CCOCC2)cc1. The molecule has 0 spiro atoms. The van der Waals surface area contributed by atoms with Crippen LogP contribution in [-0.2, 0) is 4.74 Å². The van der Waals surface area contributed by atoms with E-state index in [9.17, 15) is 0 Å². The van der Waals surface area contributed by atoms with Crippen molar-refractivity contribution in [3.8, 4) is 5.75 Å². The predicted molar refractivity (Wildman–Crippen MR) is 92.5 cm³/mol. The molecule has 1 saturated heterocycles. The van der Waals surface area contributed by atoms with Crippen molar-refractivity contribution in [2.45, 2.75) is 0 Å². The van der Waals surface area contributed by atoms with Gasteiger partial charge in [0.25, 0.3) is 0 Å². The van der Waals surface area contributed by atoms with Crippen molar-refractivity contribution in [1.29, 1.82) is 0 Å². The third-order valence-electron chi connectivity index (χ3n) is 3.65. The standard InChI is InChI=1S/C18H21N3O2/c1-22-17-9-7-16(8-10-17)20-18(21-11-13-23-14-12-21)19-15-5-3-2-4-6-15/h2-10H,11-14H2,1H3,(H,19,20). The van der Waals surface area contributed by atoms with Crippen LogP contribution in [0.25, 0.3) is 0 Å². The molecule has 2 aromatic rings. The highest BCUT2D eigenvalue weighted by Crippen LogP contribution is 2.19. The minimum Gasteiger partial charge on any atom is -0.497 e. The van der Waals surface area contributed by atoms with Gasteiger partial charge in [-0.05, 0) is 36.4 Å². The highest BCUT2D eigenvalue weighted by Gasteiger charge is 2.15. The number of nitrogens with one attached hydrogen (secondary N) is 1. The summed E-state index contributed by atoms with van der Waals surface area (Å²) in [7, 11) is 1.66. The van der Waals surface area contributed by atoms with Gasteiger partial charge in [-0.25, -0.2) is 4.99 Å². The quantitative estimate of drug-likeness (QED) is 0.699. The topological polar surface area (TPSA) is 46.1 Å². The number of benzene rings is 2. The zero-order valence-corrected chi connectivity index (χ0v) is 13.2. The highest BCUT2D eigenvalue weighted by atomic mass is 16.5. The summed E-state index contributed by atoms with van der Waals surface area (Å²) in [6, 6.07) is 17.8. The van der Waals surface area contributed by atoms with Crippen LogP contribution < -0.4 is 10.1 Å². The van der Waals surface area contributed by atoms with Crippen LogP contribution in [0.3, 0.4) is 0 Å². The summed E-state index contributed by atoms with van der Waals surface area (Å²) >= 11 is 0. The van der Waals surface area contributed by atoms with Crippen LogP contribution in [0, 0.1) is 0 Å². The van der Waals surface area contributed by atoms with Crippen LogP contribution in [0.1, 0.15) is 0 Å². The van der Waals surface area contributed by atoms with Gasteiger partial charge in [0.2, 0.25) is 5.96 Å². The molecule has 5 nitrogen and oxygen atoms in total. The van der Waals surface area contributed by atoms with Gasteiger partial charge < -0.3 is 19.7 Å².